The molecule has 0 amide bonds. The minimum absolute atomic E-state index is 0.699. The largest absolute Gasteiger partial charge is 0.124 e. The minimum atomic E-state index is 0.699. The smallest absolute Gasteiger partial charge is 0.0267 e. The SMILES string of the molecule is C#C.C=CC(C)CC. The van der Waals surface area contributed by atoms with Gasteiger partial charge in [0, 0.05) is 0 Å². The van der Waals surface area contributed by atoms with Gasteiger partial charge in [-0.25, -0.2) is 0 Å². The van der Waals surface area contributed by atoms with E-state index in [1.165, 1.54) is 6.42 Å². The third-order valence-corrected chi connectivity index (χ3v) is 1.05. The monoisotopic (exact) mass is 110 g/mol. The first-order valence-corrected chi connectivity index (χ1v) is 2.77. The highest BCUT2D eigenvalue weighted by molar-refractivity contribution is 4.72. The van der Waals surface area contributed by atoms with Crippen LogP contribution in [0.1, 0.15) is 20.3 Å². The second-order valence-corrected chi connectivity index (χ2v) is 1.62. The molecule has 0 N–H and O–H groups in total. The van der Waals surface area contributed by atoms with E-state index >= 15 is 0 Å². The van der Waals surface area contributed by atoms with E-state index < -0.39 is 0 Å². The zero-order valence-corrected chi connectivity index (χ0v) is 5.72. The van der Waals surface area contributed by atoms with Crippen LogP contribution >= 0.6 is 0 Å². The molecule has 0 spiro atoms. The Kier molecular flexibility index (Phi) is 12.3. The van der Waals surface area contributed by atoms with Gasteiger partial charge in [0.05, 0.1) is 0 Å². The Labute approximate surface area is 52.6 Å². The van der Waals surface area contributed by atoms with Gasteiger partial charge in [-0.2, -0.15) is 0 Å². The van der Waals surface area contributed by atoms with Crippen molar-refractivity contribution in [2.24, 2.45) is 5.92 Å². The van der Waals surface area contributed by atoms with Gasteiger partial charge in [0.25, 0.3) is 0 Å². The van der Waals surface area contributed by atoms with Crippen molar-refractivity contribution in [2.45, 2.75) is 20.3 Å². The summed E-state index contributed by atoms with van der Waals surface area (Å²) in [4.78, 5) is 0. The molecule has 8 heavy (non-hydrogen) atoms. The minimum Gasteiger partial charge on any atom is -0.124 e. The van der Waals surface area contributed by atoms with E-state index in [1.807, 2.05) is 6.08 Å². The van der Waals surface area contributed by atoms with Crippen LogP contribution in [0.2, 0.25) is 0 Å². The zero-order valence-electron chi connectivity index (χ0n) is 5.72. The summed E-state index contributed by atoms with van der Waals surface area (Å²) in [5, 5.41) is 0. The lowest BCUT2D eigenvalue weighted by Gasteiger charge is -1.93. The second-order valence-electron chi connectivity index (χ2n) is 1.62. The lowest BCUT2D eigenvalue weighted by Crippen LogP contribution is -1.80. The van der Waals surface area contributed by atoms with E-state index in [1.54, 1.807) is 0 Å². The molecule has 0 heterocycles. The molecule has 0 aliphatic heterocycles. The van der Waals surface area contributed by atoms with Crippen LogP contribution in [0.4, 0.5) is 0 Å². The van der Waals surface area contributed by atoms with Crippen molar-refractivity contribution < 1.29 is 0 Å². The molecule has 46 valence electrons. The Hall–Kier alpha value is -0.700. The molecule has 0 saturated carbocycles. The Balaban J connectivity index is 0. The maximum Gasteiger partial charge on any atom is -0.0267 e. The van der Waals surface area contributed by atoms with Gasteiger partial charge in [0.1, 0.15) is 0 Å². The number of hydrogen-bond donors (Lipinski definition) is 0. The molecule has 0 aliphatic rings. The molecule has 0 bridgehead atoms. The maximum atomic E-state index is 4.00. The number of rotatable bonds is 2. The molecular formula is C8H14. The van der Waals surface area contributed by atoms with E-state index in [2.05, 4.69) is 33.3 Å². The predicted molar refractivity (Wildman–Crippen MR) is 39.5 cm³/mol. The van der Waals surface area contributed by atoms with Crippen LogP contribution in [0.15, 0.2) is 12.7 Å². The topological polar surface area (TPSA) is 0 Å². The van der Waals surface area contributed by atoms with Crippen LogP contribution in [0.3, 0.4) is 0 Å². The summed E-state index contributed by atoms with van der Waals surface area (Å²) in [5.41, 5.74) is 0. The fourth-order valence-electron chi connectivity index (χ4n) is 0.167. The lowest BCUT2D eigenvalue weighted by molar-refractivity contribution is 0.700. The summed E-state index contributed by atoms with van der Waals surface area (Å²) in [6.45, 7) is 7.95. The normalized spacial score (nSPS) is 10.5. The summed E-state index contributed by atoms with van der Waals surface area (Å²) in [5.74, 6) is 0.699. The Bertz CT molecular complexity index is 59.7. The fraction of sp³-hybridized carbons (Fsp3) is 0.500. The zero-order chi connectivity index (χ0) is 6.99. The van der Waals surface area contributed by atoms with E-state index in [4.69, 9.17) is 0 Å². The van der Waals surface area contributed by atoms with Gasteiger partial charge in [-0.05, 0) is 5.92 Å². The highest BCUT2D eigenvalue weighted by Gasteiger charge is 1.84. The number of terminal acetylenes is 1. The van der Waals surface area contributed by atoms with Gasteiger partial charge >= 0.3 is 0 Å². The summed E-state index contributed by atoms with van der Waals surface area (Å²) >= 11 is 0. The van der Waals surface area contributed by atoms with Gasteiger partial charge in [0.2, 0.25) is 0 Å². The number of allylic oxidation sites excluding steroid dienone is 1. The van der Waals surface area contributed by atoms with Crippen molar-refractivity contribution in [1.29, 1.82) is 0 Å². The third-order valence-electron chi connectivity index (χ3n) is 1.05. The van der Waals surface area contributed by atoms with Crippen LogP contribution < -0.4 is 0 Å². The van der Waals surface area contributed by atoms with Gasteiger partial charge in [-0.1, -0.05) is 26.3 Å². The van der Waals surface area contributed by atoms with E-state index in [0.29, 0.717) is 5.92 Å². The molecule has 0 saturated heterocycles. The molecule has 0 aromatic heterocycles. The summed E-state index contributed by atoms with van der Waals surface area (Å²) in [6, 6.07) is 0. The molecule has 0 aromatic carbocycles. The molecule has 0 aromatic rings. The highest BCUT2D eigenvalue weighted by atomic mass is 13.9. The standard InChI is InChI=1S/C6H12.C2H2/c1-4-6(3)5-2;1-2/h4,6H,1,5H2,2-3H3;1-2H. The predicted octanol–water partition coefficient (Wildman–Crippen LogP) is 2.47. The van der Waals surface area contributed by atoms with Crippen molar-refractivity contribution in [3.63, 3.8) is 0 Å². The van der Waals surface area contributed by atoms with Crippen molar-refractivity contribution in [3.05, 3.63) is 12.7 Å². The Morgan fingerprint density at radius 2 is 2.00 bits per heavy atom. The fourth-order valence-corrected chi connectivity index (χ4v) is 0.167. The Morgan fingerprint density at radius 3 is 2.00 bits per heavy atom. The molecule has 0 fully saturated rings. The maximum absolute atomic E-state index is 4.00. The Morgan fingerprint density at radius 1 is 1.62 bits per heavy atom. The van der Waals surface area contributed by atoms with Gasteiger partial charge < -0.3 is 0 Å². The van der Waals surface area contributed by atoms with E-state index in [-0.39, 0.29) is 0 Å². The van der Waals surface area contributed by atoms with E-state index in [9.17, 15) is 0 Å². The summed E-state index contributed by atoms with van der Waals surface area (Å²) in [6.07, 6.45) is 11.2. The van der Waals surface area contributed by atoms with Crippen LogP contribution in [0, 0.1) is 18.8 Å². The molecule has 0 radical (unpaired) electrons. The third kappa shape index (κ3) is 9.00. The van der Waals surface area contributed by atoms with Crippen molar-refractivity contribution >= 4 is 0 Å². The first-order valence-electron chi connectivity index (χ1n) is 2.77. The van der Waals surface area contributed by atoms with Gasteiger partial charge in [-0.15, -0.1) is 19.4 Å². The first-order chi connectivity index (χ1) is 3.81. The number of hydrogen-bond acceptors (Lipinski definition) is 0. The highest BCUT2D eigenvalue weighted by Crippen LogP contribution is 1.98. The van der Waals surface area contributed by atoms with Crippen molar-refractivity contribution in [1.82, 2.24) is 0 Å². The van der Waals surface area contributed by atoms with Crippen LogP contribution in [-0.2, 0) is 0 Å². The van der Waals surface area contributed by atoms with Crippen molar-refractivity contribution in [2.75, 3.05) is 0 Å². The van der Waals surface area contributed by atoms with Gasteiger partial charge in [-0.3, -0.25) is 0 Å². The van der Waals surface area contributed by atoms with E-state index in [0.717, 1.165) is 0 Å². The molecule has 0 aliphatic carbocycles. The van der Waals surface area contributed by atoms with Crippen LogP contribution in [-0.4, -0.2) is 0 Å². The molecule has 0 rings (SSSR count). The average molecular weight is 110 g/mol. The molecule has 0 heteroatoms. The van der Waals surface area contributed by atoms with Gasteiger partial charge in [0.15, 0.2) is 0 Å². The average Bonchev–Trinajstić information content (AvgIpc) is 1.91. The molecule has 1 unspecified atom stereocenters. The second kappa shape index (κ2) is 9.57. The van der Waals surface area contributed by atoms with Crippen LogP contribution in [0.5, 0.6) is 0 Å². The summed E-state index contributed by atoms with van der Waals surface area (Å²) < 4.78 is 0. The summed E-state index contributed by atoms with van der Waals surface area (Å²) in [7, 11) is 0. The van der Waals surface area contributed by atoms with Crippen molar-refractivity contribution in [3.8, 4) is 12.8 Å². The quantitative estimate of drug-likeness (QED) is 0.378. The molecular weight excluding hydrogens is 96.1 g/mol. The first kappa shape index (κ1) is 10.3. The van der Waals surface area contributed by atoms with Crippen LogP contribution in [0.25, 0.3) is 0 Å². The molecule has 0 nitrogen and oxygen atoms in total. The molecule has 1 atom stereocenters. The lowest BCUT2D eigenvalue weighted by atomic mass is 10.1.